The van der Waals surface area contributed by atoms with Gasteiger partial charge in [-0.25, -0.2) is 0 Å². The van der Waals surface area contributed by atoms with Gasteiger partial charge in [0.05, 0.1) is 12.6 Å². The Balaban J connectivity index is 2.89. The van der Waals surface area contributed by atoms with Gasteiger partial charge in [-0.1, -0.05) is 13.8 Å². The van der Waals surface area contributed by atoms with Gasteiger partial charge in [0.25, 0.3) is 5.91 Å². The molecule has 0 radical (unpaired) electrons. The number of amides is 1. The summed E-state index contributed by atoms with van der Waals surface area (Å²) in [6, 6.07) is 0.157. The highest BCUT2D eigenvalue weighted by molar-refractivity contribution is 7.11. The Hall–Kier alpha value is -1.34. The van der Waals surface area contributed by atoms with Crippen LogP contribution >= 0.6 is 11.5 Å². The van der Waals surface area contributed by atoms with E-state index >= 15 is 0 Å². The zero-order chi connectivity index (χ0) is 16.0. The number of nitrogens with zero attached hydrogens (tertiary/aromatic N) is 1. The third-order valence-electron chi connectivity index (χ3n) is 2.99. The van der Waals surface area contributed by atoms with Crippen molar-refractivity contribution in [3.63, 3.8) is 0 Å². The fourth-order valence-electron chi connectivity index (χ4n) is 1.77. The molecule has 1 aromatic heterocycles. The van der Waals surface area contributed by atoms with Crippen molar-refractivity contribution < 1.29 is 9.53 Å². The monoisotopic (exact) mass is 314 g/mol. The number of carbonyl (C=O) groups is 1. The van der Waals surface area contributed by atoms with E-state index in [4.69, 9.17) is 10.5 Å². The Morgan fingerprint density at radius 1 is 1.38 bits per heavy atom. The van der Waals surface area contributed by atoms with Crippen LogP contribution < -0.4 is 16.4 Å². The molecule has 0 aliphatic carbocycles. The summed E-state index contributed by atoms with van der Waals surface area (Å²) < 4.78 is 9.58. The lowest BCUT2D eigenvalue weighted by atomic mass is 10.1. The van der Waals surface area contributed by atoms with E-state index in [2.05, 4.69) is 28.9 Å². The lowest BCUT2D eigenvalue weighted by Crippen LogP contribution is -2.33. The van der Waals surface area contributed by atoms with Crippen LogP contribution in [0.1, 0.15) is 45.0 Å². The molecule has 120 valence electrons. The van der Waals surface area contributed by atoms with Crippen LogP contribution in [-0.4, -0.2) is 35.6 Å². The number of aromatic nitrogens is 1. The van der Waals surface area contributed by atoms with E-state index < -0.39 is 0 Å². The van der Waals surface area contributed by atoms with Crippen LogP contribution in [0.15, 0.2) is 0 Å². The van der Waals surface area contributed by atoms with Crippen LogP contribution in [0.5, 0.6) is 0 Å². The second kappa shape index (κ2) is 8.19. The molecule has 1 amide bonds. The molecule has 1 aromatic rings. The molecule has 4 N–H and O–H groups in total. The van der Waals surface area contributed by atoms with Crippen molar-refractivity contribution in [1.82, 2.24) is 9.69 Å². The van der Waals surface area contributed by atoms with Gasteiger partial charge in [-0.15, -0.1) is 0 Å². The molecule has 1 heterocycles. The molecule has 0 fully saturated rings. The van der Waals surface area contributed by atoms with E-state index in [1.807, 2.05) is 20.8 Å². The van der Waals surface area contributed by atoms with Crippen LogP contribution in [0.3, 0.4) is 0 Å². The third kappa shape index (κ3) is 5.17. The summed E-state index contributed by atoms with van der Waals surface area (Å²) in [5.41, 5.74) is 6.26. The Labute approximate surface area is 130 Å². The first-order valence-electron chi connectivity index (χ1n) is 7.27. The smallest absolute Gasteiger partial charge is 0.258 e. The van der Waals surface area contributed by atoms with E-state index in [1.165, 1.54) is 11.5 Å². The fraction of sp³-hybridized carbons (Fsp3) is 0.714. The molecule has 0 spiro atoms. The van der Waals surface area contributed by atoms with E-state index in [0.717, 1.165) is 0 Å². The molecule has 0 bridgehead atoms. The minimum absolute atomic E-state index is 0.0500. The number of hydrogen-bond donors (Lipinski definition) is 3. The molecule has 1 atom stereocenters. The summed E-state index contributed by atoms with van der Waals surface area (Å²) in [6.07, 6.45) is 0. The number of nitrogens with one attached hydrogen (secondary N) is 2. The summed E-state index contributed by atoms with van der Waals surface area (Å²) in [5, 5.41) is 6.89. The third-order valence-corrected chi connectivity index (χ3v) is 3.78. The van der Waals surface area contributed by atoms with Gasteiger partial charge in [0.15, 0.2) is 5.82 Å². The molecule has 0 saturated carbocycles. The van der Waals surface area contributed by atoms with Crippen molar-refractivity contribution >= 4 is 28.3 Å². The Kier molecular flexibility index (Phi) is 6.91. The number of rotatable bonds is 8. The lowest BCUT2D eigenvalue weighted by Gasteiger charge is -2.22. The lowest BCUT2D eigenvalue weighted by molar-refractivity contribution is 0.0944. The van der Waals surface area contributed by atoms with Crippen molar-refractivity contribution in [1.29, 1.82) is 0 Å². The van der Waals surface area contributed by atoms with E-state index in [-0.39, 0.29) is 23.8 Å². The molecule has 7 heteroatoms. The number of hydrogen-bond acceptors (Lipinski definition) is 6. The van der Waals surface area contributed by atoms with E-state index in [9.17, 15) is 4.79 Å². The minimum Gasteiger partial charge on any atom is -0.382 e. The highest BCUT2D eigenvalue weighted by Gasteiger charge is 2.23. The van der Waals surface area contributed by atoms with Gasteiger partial charge in [0, 0.05) is 12.6 Å². The number of carbonyl (C=O) groups excluding carboxylic acids is 1. The highest BCUT2D eigenvalue weighted by Crippen LogP contribution is 2.28. The summed E-state index contributed by atoms with van der Waals surface area (Å²) in [5.74, 6) is 0.429. The van der Waals surface area contributed by atoms with Gasteiger partial charge >= 0.3 is 0 Å². The van der Waals surface area contributed by atoms with Gasteiger partial charge in [-0.2, -0.15) is 4.37 Å². The summed E-state index contributed by atoms with van der Waals surface area (Å²) in [7, 11) is 0. The van der Waals surface area contributed by atoms with Crippen molar-refractivity contribution in [2.75, 3.05) is 24.3 Å². The molecular weight excluding hydrogens is 288 g/mol. The first kappa shape index (κ1) is 17.7. The van der Waals surface area contributed by atoms with E-state index in [1.54, 1.807) is 0 Å². The van der Waals surface area contributed by atoms with Crippen molar-refractivity contribution in [2.24, 2.45) is 5.92 Å². The predicted octanol–water partition coefficient (Wildman–Crippen LogP) is 2.34. The standard InChI is InChI=1S/C14H26N4O2S/c1-6-20-7-10(8(2)3)17-14-11(12(15)18-21-14)13(19)16-9(4)5/h8-10,17H,6-7H2,1-5H3,(H2,15,18)(H,16,19). The highest BCUT2D eigenvalue weighted by atomic mass is 32.1. The molecule has 0 saturated heterocycles. The van der Waals surface area contributed by atoms with E-state index in [0.29, 0.717) is 29.7 Å². The maximum Gasteiger partial charge on any atom is 0.258 e. The molecule has 0 aliphatic rings. The first-order chi connectivity index (χ1) is 9.86. The average molecular weight is 314 g/mol. The Morgan fingerprint density at radius 2 is 2.05 bits per heavy atom. The van der Waals surface area contributed by atoms with Gasteiger partial charge in [-0.05, 0) is 38.2 Å². The zero-order valence-electron chi connectivity index (χ0n) is 13.4. The second-order valence-corrected chi connectivity index (χ2v) is 6.33. The minimum atomic E-state index is -0.197. The Bertz CT molecular complexity index is 460. The van der Waals surface area contributed by atoms with Gasteiger partial charge in [0.2, 0.25) is 0 Å². The molecule has 1 unspecified atom stereocenters. The molecule has 6 nitrogen and oxygen atoms in total. The normalized spacial score (nSPS) is 12.7. The van der Waals surface area contributed by atoms with Crippen LogP contribution in [0.2, 0.25) is 0 Å². The topological polar surface area (TPSA) is 89.3 Å². The van der Waals surface area contributed by atoms with Gasteiger partial charge < -0.3 is 21.1 Å². The van der Waals surface area contributed by atoms with Crippen molar-refractivity contribution in [3.8, 4) is 0 Å². The van der Waals surface area contributed by atoms with Crippen molar-refractivity contribution in [2.45, 2.75) is 46.7 Å². The van der Waals surface area contributed by atoms with Gasteiger partial charge in [0.1, 0.15) is 10.6 Å². The summed E-state index contributed by atoms with van der Waals surface area (Å²) in [6.45, 7) is 11.2. The zero-order valence-corrected chi connectivity index (χ0v) is 14.2. The molecule has 0 aliphatic heterocycles. The SMILES string of the molecule is CCOCC(Nc1snc(N)c1C(=O)NC(C)C)C(C)C. The maximum atomic E-state index is 12.2. The second-order valence-electron chi connectivity index (χ2n) is 5.55. The number of nitrogens with two attached hydrogens (primary N) is 1. The van der Waals surface area contributed by atoms with Crippen LogP contribution in [0.25, 0.3) is 0 Å². The quantitative estimate of drug-likeness (QED) is 0.685. The molecule has 0 aromatic carbocycles. The first-order valence-corrected chi connectivity index (χ1v) is 8.04. The molecule has 21 heavy (non-hydrogen) atoms. The Morgan fingerprint density at radius 3 is 2.57 bits per heavy atom. The molecular formula is C14H26N4O2S. The largest absolute Gasteiger partial charge is 0.382 e. The summed E-state index contributed by atoms with van der Waals surface area (Å²) in [4.78, 5) is 12.2. The summed E-state index contributed by atoms with van der Waals surface area (Å²) >= 11 is 1.21. The fourth-order valence-corrected chi connectivity index (χ4v) is 2.54. The van der Waals surface area contributed by atoms with Crippen LogP contribution in [0.4, 0.5) is 10.8 Å². The number of nitrogen functional groups attached to an aromatic ring is 1. The number of ether oxygens (including phenoxy) is 1. The predicted molar refractivity (Wildman–Crippen MR) is 87.9 cm³/mol. The van der Waals surface area contributed by atoms with Crippen molar-refractivity contribution in [3.05, 3.63) is 5.56 Å². The van der Waals surface area contributed by atoms with Crippen LogP contribution in [-0.2, 0) is 4.74 Å². The molecule has 1 rings (SSSR count). The van der Waals surface area contributed by atoms with Gasteiger partial charge in [-0.3, -0.25) is 4.79 Å². The number of anilines is 2. The maximum absolute atomic E-state index is 12.2. The average Bonchev–Trinajstić information content (AvgIpc) is 2.74. The van der Waals surface area contributed by atoms with Crippen LogP contribution in [0, 0.1) is 5.92 Å².